The number of benzene rings is 1. The van der Waals surface area contributed by atoms with Crippen LogP contribution >= 0.6 is 11.6 Å². The van der Waals surface area contributed by atoms with Gasteiger partial charge in [0.05, 0.1) is 6.54 Å². The van der Waals surface area contributed by atoms with E-state index >= 15 is 0 Å². The van der Waals surface area contributed by atoms with Gasteiger partial charge in [0.2, 0.25) is 5.91 Å². The van der Waals surface area contributed by atoms with Gasteiger partial charge in [-0.15, -0.1) is 0 Å². The Morgan fingerprint density at radius 3 is 2.56 bits per heavy atom. The molecule has 2 amide bonds. The van der Waals surface area contributed by atoms with Crippen molar-refractivity contribution in [2.75, 3.05) is 6.54 Å². The molecule has 1 aromatic carbocycles. The summed E-state index contributed by atoms with van der Waals surface area (Å²) in [5.41, 5.74) is 5.41. The fraction of sp³-hybridized carbons (Fsp3) is 0.333. The summed E-state index contributed by atoms with van der Waals surface area (Å²) in [4.78, 5) is 21.9. The predicted molar refractivity (Wildman–Crippen MR) is 69.8 cm³/mol. The summed E-state index contributed by atoms with van der Waals surface area (Å²) in [5.74, 6) is -0.633. The molecule has 1 rings (SSSR count). The fourth-order valence-corrected chi connectivity index (χ4v) is 1.68. The Morgan fingerprint density at radius 1 is 1.28 bits per heavy atom. The van der Waals surface area contributed by atoms with E-state index in [0.717, 1.165) is 5.56 Å². The van der Waals surface area contributed by atoms with Gasteiger partial charge in [0, 0.05) is 18.0 Å². The average molecular weight is 270 g/mol. The van der Waals surface area contributed by atoms with E-state index < -0.39 is 0 Å². The lowest BCUT2D eigenvalue weighted by molar-refractivity contribution is -0.127. The minimum Gasteiger partial charge on any atom is -0.302 e. The Hall–Kier alpha value is -1.59. The van der Waals surface area contributed by atoms with Crippen LogP contribution in [0.3, 0.4) is 0 Å². The summed E-state index contributed by atoms with van der Waals surface area (Å²) in [6, 6.07) is 7.37. The highest BCUT2D eigenvalue weighted by molar-refractivity contribution is 6.31. The highest BCUT2D eigenvalue weighted by atomic mass is 35.5. The van der Waals surface area contributed by atoms with Gasteiger partial charge in [-0.3, -0.25) is 20.4 Å². The third kappa shape index (κ3) is 4.73. The minimum absolute atomic E-state index is 0.0539. The molecule has 0 heterocycles. The second kappa shape index (κ2) is 6.98. The number of nitrogens with one attached hydrogen (secondary N) is 3. The number of rotatable bonds is 4. The first-order valence-corrected chi connectivity index (χ1v) is 5.91. The normalized spacial score (nSPS) is 11.7. The molecule has 0 aliphatic rings. The standard InChI is InChI=1S/C12H16ClN3O2/c1-8(10-5-3-4-6-11(10)13)14-7-12(18)16-15-9(2)17/h3-6,8,14H,7H2,1-2H3,(H,15,17)(H,16,18)/t8-/m0/s1. The van der Waals surface area contributed by atoms with Gasteiger partial charge in [-0.05, 0) is 18.6 Å². The zero-order valence-corrected chi connectivity index (χ0v) is 11.0. The Labute approximate surface area is 111 Å². The van der Waals surface area contributed by atoms with Crippen LogP contribution in [0.1, 0.15) is 25.5 Å². The van der Waals surface area contributed by atoms with E-state index in [-0.39, 0.29) is 24.4 Å². The Kier molecular flexibility index (Phi) is 5.61. The lowest BCUT2D eigenvalue weighted by Crippen LogP contribution is -2.44. The summed E-state index contributed by atoms with van der Waals surface area (Å²) < 4.78 is 0. The number of hydrogen-bond acceptors (Lipinski definition) is 3. The summed E-state index contributed by atoms with van der Waals surface area (Å²) in [7, 11) is 0. The first-order valence-electron chi connectivity index (χ1n) is 5.54. The first-order chi connectivity index (χ1) is 8.50. The molecule has 5 nitrogen and oxygen atoms in total. The van der Waals surface area contributed by atoms with E-state index in [1.807, 2.05) is 25.1 Å². The van der Waals surface area contributed by atoms with Crippen molar-refractivity contribution in [3.05, 3.63) is 34.9 Å². The summed E-state index contributed by atoms with van der Waals surface area (Å²) in [6.07, 6.45) is 0. The molecule has 0 aliphatic carbocycles. The molecule has 98 valence electrons. The van der Waals surface area contributed by atoms with Gasteiger partial charge in [-0.2, -0.15) is 0 Å². The second-order valence-electron chi connectivity index (χ2n) is 3.85. The third-order valence-electron chi connectivity index (χ3n) is 2.32. The van der Waals surface area contributed by atoms with Crippen LogP contribution in [0.4, 0.5) is 0 Å². The number of hydrogen-bond donors (Lipinski definition) is 3. The molecule has 1 aromatic rings. The third-order valence-corrected chi connectivity index (χ3v) is 2.66. The van der Waals surface area contributed by atoms with E-state index in [1.54, 1.807) is 6.07 Å². The Bertz CT molecular complexity index is 437. The molecule has 0 saturated heterocycles. The summed E-state index contributed by atoms with van der Waals surface area (Å²) >= 11 is 6.04. The molecule has 0 radical (unpaired) electrons. The van der Waals surface area contributed by atoms with Crippen molar-refractivity contribution < 1.29 is 9.59 Å². The van der Waals surface area contributed by atoms with Gasteiger partial charge in [-0.1, -0.05) is 29.8 Å². The van der Waals surface area contributed by atoms with Gasteiger partial charge in [-0.25, -0.2) is 0 Å². The lowest BCUT2D eigenvalue weighted by Gasteiger charge is -2.15. The molecule has 0 bridgehead atoms. The molecular formula is C12H16ClN3O2. The molecule has 1 atom stereocenters. The summed E-state index contributed by atoms with van der Waals surface area (Å²) in [6.45, 7) is 3.32. The fourth-order valence-electron chi connectivity index (χ4n) is 1.38. The number of amides is 2. The number of halogens is 1. The van der Waals surface area contributed by atoms with Crippen LogP contribution in [0.15, 0.2) is 24.3 Å². The van der Waals surface area contributed by atoms with E-state index in [0.29, 0.717) is 5.02 Å². The van der Waals surface area contributed by atoms with Crippen molar-refractivity contribution in [2.24, 2.45) is 0 Å². The molecule has 6 heteroatoms. The minimum atomic E-state index is -0.317. The quantitative estimate of drug-likeness (QED) is 0.719. The molecular weight excluding hydrogens is 254 g/mol. The van der Waals surface area contributed by atoms with Crippen LogP contribution < -0.4 is 16.2 Å². The topological polar surface area (TPSA) is 70.2 Å². The molecule has 0 aliphatic heterocycles. The zero-order chi connectivity index (χ0) is 13.5. The maximum Gasteiger partial charge on any atom is 0.252 e. The van der Waals surface area contributed by atoms with Gasteiger partial charge >= 0.3 is 0 Å². The molecule has 3 N–H and O–H groups in total. The molecule has 0 unspecified atom stereocenters. The SMILES string of the molecule is CC(=O)NNC(=O)CN[C@@H](C)c1ccccc1Cl. The second-order valence-corrected chi connectivity index (χ2v) is 4.26. The first kappa shape index (κ1) is 14.5. The van der Waals surface area contributed by atoms with Crippen molar-refractivity contribution in [3.63, 3.8) is 0 Å². The van der Waals surface area contributed by atoms with E-state index in [9.17, 15) is 9.59 Å². The van der Waals surface area contributed by atoms with Gasteiger partial charge in [0.1, 0.15) is 0 Å². The van der Waals surface area contributed by atoms with Crippen molar-refractivity contribution >= 4 is 23.4 Å². The monoisotopic (exact) mass is 269 g/mol. The molecule has 0 saturated carbocycles. The highest BCUT2D eigenvalue weighted by Gasteiger charge is 2.10. The molecule has 0 aromatic heterocycles. The van der Waals surface area contributed by atoms with E-state index in [2.05, 4.69) is 16.2 Å². The summed E-state index contributed by atoms with van der Waals surface area (Å²) in [5, 5.41) is 3.67. The van der Waals surface area contributed by atoms with Crippen LogP contribution in [-0.2, 0) is 9.59 Å². The van der Waals surface area contributed by atoms with Crippen LogP contribution in [-0.4, -0.2) is 18.4 Å². The van der Waals surface area contributed by atoms with Crippen LogP contribution in [0, 0.1) is 0 Å². The van der Waals surface area contributed by atoms with Crippen LogP contribution in [0.5, 0.6) is 0 Å². The maximum atomic E-state index is 11.3. The van der Waals surface area contributed by atoms with E-state index in [1.165, 1.54) is 6.92 Å². The highest BCUT2D eigenvalue weighted by Crippen LogP contribution is 2.21. The van der Waals surface area contributed by atoms with Crippen molar-refractivity contribution in [2.45, 2.75) is 19.9 Å². The van der Waals surface area contributed by atoms with Crippen molar-refractivity contribution in [3.8, 4) is 0 Å². The predicted octanol–water partition coefficient (Wildman–Crippen LogP) is 1.16. The van der Waals surface area contributed by atoms with E-state index in [4.69, 9.17) is 11.6 Å². The van der Waals surface area contributed by atoms with Crippen molar-refractivity contribution in [1.82, 2.24) is 16.2 Å². The largest absolute Gasteiger partial charge is 0.302 e. The van der Waals surface area contributed by atoms with Crippen molar-refractivity contribution in [1.29, 1.82) is 0 Å². The average Bonchev–Trinajstić information content (AvgIpc) is 2.34. The number of hydrazine groups is 1. The number of carbonyl (C=O) groups is 2. The van der Waals surface area contributed by atoms with Gasteiger partial charge in [0.15, 0.2) is 0 Å². The molecule has 0 spiro atoms. The Balaban J connectivity index is 2.42. The molecule has 0 fully saturated rings. The van der Waals surface area contributed by atoms with Gasteiger partial charge in [0.25, 0.3) is 5.91 Å². The van der Waals surface area contributed by atoms with Crippen LogP contribution in [0.25, 0.3) is 0 Å². The zero-order valence-electron chi connectivity index (χ0n) is 10.3. The number of carbonyl (C=O) groups excluding carboxylic acids is 2. The smallest absolute Gasteiger partial charge is 0.252 e. The molecule has 18 heavy (non-hydrogen) atoms. The van der Waals surface area contributed by atoms with Crippen LogP contribution in [0.2, 0.25) is 5.02 Å². The maximum absolute atomic E-state index is 11.3. The van der Waals surface area contributed by atoms with Gasteiger partial charge < -0.3 is 5.32 Å². The Morgan fingerprint density at radius 2 is 1.94 bits per heavy atom. The lowest BCUT2D eigenvalue weighted by atomic mass is 10.1.